The Morgan fingerprint density at radius 3 is 2.42 bits per heavy atom. The van der Waals surface area contributed by atoms with Crippen LogP contribution in [0.25, 0.3) is 5.57 Å². The molecule has 1 aliphatic rings. The fourth-order valence-electron chi connectivity index (χ4n) is 3.74. The first-order chi connectivity index (χ1) is 16.8. The Bertz CT molecular complexity index is 1140. The summed E-state index contributed by atoms with van der Waals surface area (Å²) in [6, 6.07) is -0.812. The van der Waals surface area contributed by atoms with Crippen LogP contribution >= 0.6 is 11.6 Å². The zero-order valence-electron chi connectivity index (χ0n) is 19.1. The molecule has 0 spiro atoms. The van der Waals surface area contributed by atoms with Gasteiger partial charge in [-0.25, -0.2) is 28.7 Å². The van der Waals surface area contributed by atoms with Gasteiger partial charge in [0.2, 0.25) is 5.95 Å². The highest BCUT2D eigenvalue weighted by molar-refractivity contribution is 6.30. The van der Waals surface area contributed by atoms with Crippen LogP contribution in [0.15, 0.2) is 35.5 Å². The predicted octanol–water partition coefficient (Wildman–Crippen LogP) is 3.29. The van der Waals surface area contributed by atoms with E-state index in [2.05, 4.69) is 30.2 Å². The molecule has 3 N–H and O–H groups in total. The molecule has 1 unspecified atom stereocenters. The van der Waals surface area contributed by atoms with E-state index < -0.39 is 54.2 Å². The SMILES string of the molecule is CN=CC(=C(N)C(=O)N1CC(F)(F)C[C@@H](C)C1CNc1ncc(C(F)(F)F)cn1)c1ncc(Cl)cn1. The van der Waals surface area contributed by atoms with Crippen molar-refractivity contribution < 1.29 is 26.7 Å². The summed E-state index contributed by atoms with van der Waals surface area (Å²) in [4.78, 5) is 33.4. The van der Waals surface area contributed by atoms with Crippen LogP contribution in [0, 0.1) is 5.92 Å². The second-order valence-corrected chi connectivity index (χ2v) is 8.59. The maximum Gasteiger partial charge on any atom is 0.419 e. The lowest BCUT2D eigenvalue weighted by molar-refractivity contribution is -0.148. The summed E-state index contributed by atoms with van der Waals surface area (Å²) >= 11 is 5.80. The third-order valence-corrected chi connectivity index (χ3v) is 5.62. The molecule has 2 aromatic heterocycles. The van der Waals surface area contributed by atoms with Crippen molar-refractivity contribution in [3.05, 3.63) is 46.9 Å². The number of nitrogens with zero attached hydrogens (tertiary/aromatic N) is 6. The van der Waals surface area contributed by atoms with Crippen LogP contribution in [0.2, 0.25) is 5.02 Å². The van der Waals surface area contributed by atoms with E-state index in [0.717, 1.165) is 4.90 Å². The highest BCUT2D eigenvalue weighted by Gasteiger charge is 2.46. The van der Waals surface area contributed by atoms with Gasteiger partial charge >= 0.3 is 6.18 Å². The molecule has 194 valence electrons. The first-order valence-corrected chi connectivity index (χ1v) is 10.9. The molecule has 0 bridgehead atoms. The number of allylic oxidation sites excluding steroid dienone is 1. The lowest BCUT2D eigenvalue weighted by atomic mass is 9.88. The average molecular weight is 533 g/mol. The lowest BCUT2D eigenvalue weighted by Crippen LogP contribution is -2.58. The van der Waals surface area contributed by atoms with Gasteiger partial charge in [-0.05, 0) is 5.92 Å². The first-order valence-electron chi connectivity index (χ1n) is 10.5. The average Bonchev–Trinajstić information content (AvgIpc) is 2.80. The van der Waals surface area contributed by atoms with E-state index in [9.17, 15) is 26.7 Å². The minimum Gasteiger partial charge on any atom is -0.394 e. The summed E-state index contributed by atoms with van der Waals surface area (Å²) in [5.74, 6) is -4.94. The summed E-state index contributed by atoms with van der Waals surface area (Å²) < 4.78 is 67.2. The molecule has 1 aliphatic heterocycles. The molecule has 1 fully saturated rings. The molecule has 15 heteroatoms. The number of halogens is 6. The van der Waals surface area contributed by atoms with Gasteiger partial charge in [0.25, 0.3) is 11.8 Å². The van der Waals surface area contributed by atoms with Gasteiger partial charge in [0.1, 0.15) is 5.70 Å². The number of anilines is 1. The van der Waals surface area contributed by atoms with Gasteiger partial charge in [0, 0.05) is 51.0 Å². The number of piperidine rings is 1. The van der Waals surface area contributed by atoms with Crippen molar-refractivity contribution in [3.8, 4) is 0 Å². The van der Waals surface area contributed by atoms with Crippen molar-refractivity contribution in [2.24, 2.45) is 16.6 Å². The van der Waals surface area contributed by atoms with E-state index in [1.165, 1.54) is 32.6 Å². The van der Waals surface area contributed by atoms with Crippen molar-refractivity contribution in [2.45, 2.75) is 31.5 Å². The second-order valence-electron chi connectivity index (χ2n) is 8.15. The molecule has 0 aromatic carbocycles. The molecule has 3 heterocycles. The summed E-state index contributed by atoms with van der Waals surface area (Å²) in [6.45, 7) is 0.495. The topological polar surface area (TPSA) is 122 Å². The quantitative estimate of drug-likeness (QED) is 0.332. The van der Waals surface area contributed by atoms with Gasteiger partial charge in [-0.1, -0.05) is 18.5 Å². The molecule has 0 aliphatic carbocycles. The van der Waals surface area contributed by atoms with Crippen molar-refractivity contribution in [1.29, 1.82) is 0 Å². The number of aromatic nitrogens is 4. The van der Waals surface area contributed by atoms with Crippen LogP contribution in [-0.2, 0) is 11.0 Å². The van der Waals surface area contributed by atoms with Crippen molar-refractivity contribution in [1.82, 2.24) is 24.8 Å². The Balaban J connectivity index is 1.89. The maximum atomic E-state index is 14.5. The number of nitrogens with two attached hydrogens (primary N) is 1. The van der Waals surface area contributed by atoms with Crippen molar-refractivity contribution in [3.63, 3.8) is 0 Å². The molecule has 0 radical (unpaired) electrons. The molecule has 36 heavy (non-hydrogen) atoms. The van der Waals surface area contributed by atoms with E-state index >= 15 is 0 Å². The fourth-order valence-corrected chi connectivity index (χ4v) is 3.84. The van der Waals surface area contributed by atoms with Gasteiger partial charge in [-0.15, -0.1) is 0 Å². The zero-order valence-corrected chi connectivity index (χ0v) is 19.9. The van der Waals surface area contributed by atoms with Gasteiger partial charge in [-0.2, -0.15) is 13.2 Å². The lowest BCUT2D eigenvalue weighted by Gasteiger charge is -2.43. The maximum absolute atomic E-state index is 14.5. The van der Waals surface area contributed by atoms with Gasteiger partial charge < -0.3 is 16.0 Å². The van der Waals surface area contributed by atoms with Crippen molar-refractivity contribution in [2.75, 3.05) is 25.5 Å². The molecule has 1 amide bonds. The largest absolute Gasteiger partial charge is 0.419 e. The van der Waals surface area contributed by atoms with Gasteiger partial charge in [0.05, 0.1) is 28.7 Å². The zero-order chi connectivity index (χ0) is 26.7. The van der Waals surface area contributed by atoms with E-state index in [1.807, 2.05) is 0 Å². The van der Waals surface area contributed by atoms with Crippen LogP contribution in [-0.4, -0.2) is 69.1 Å². The number of aliphatic imine (C=N–C) groups is 1. The number of likely N-dealkylation sites (tertiary alicyclic amines) is 1. The Kier molecular flexibility index (Phi) is 8.06. The number of alkyl halides is 5. The summed E-state index contributed by atoms with van der Waals surface area (Å²) in [5, 5.41) is 2.95. The Hall–Kier alpha value is -3.42. The Morgan fingerprint density at radius 1 is 1.25 bits per heavy atom. The van der Waals surface area contributed by atoms with Crippen LogP contribution < -0.4 is 11.1 Å². The van der Waals surface area contributed by atoms with E-state index in [1.54, 1.807) is 0 Å². The molecule has 2 aromatic rings. The number of nitrogens with one attached hydrogen (secondary N) is 1. The summed E-state index contributed by atoms with van der Waals surface area (Å²) in [5.41, 5.74) is 4.66. The number of rotatable bonds is 6. The minimum atomic E-state index is -4.61. The summed E-state index contributed by atoms with van der Waals surface area (Å²) in [7, 11) is 1.42. The monoisotopic (exact) mass is 532 g/mol. The number of carbonyl (C=O) groups excluding carboxylic acids is 1. The standard InChI is InChI=1S/C21H22ClF5N8O/c1-11-3-20(23,24)10-35(15(11)9-34-19-32-4-12(5-33-19)21(25,26)27)18(36)16(28)14(8-29-2)17-30-6-13(22)7-31-17/h4-8,11,15H,3,9-10,28H2,1-2H3,(H,32,33,34)/t11-,15?/m1/s1. The molecule has 9 nitrogen and oxygen atoms in total. The summed E-state index contributed by atoms with van der Waals surface area (Å²) in [6.07, 6.45) is -0.143. The highest BCUT2D eigenvalue weighted by Crippen LogP contribution is 2.35. The minimum absolute atomic E-state index is 0.0125. The van der Waals surface area contributed by atoms with Crippen molar-refractivity contribution >= 4 is 35.2 Å². The van der Waals surface area contributed by atoms with Crippen LogP contribution in [0.1, 0.15) is 24.7 Å². The van der Waals surface area contributed by atoms with E-state index in [4.69, 9.17) is 17.3 Å². The van der Waals surface area contributed by atoms with E-state index in [-0.39, 0.29) is 28.9 Å². The molecule has 2 atom stereocenters. The third-order valence-electron chi connectivity index (χ3n) is 5.43. The Morgan fingerprint density at radius 2 is 1.86 bits per heavy atom. The van der Waals surface area contributed by atoms with Crippen LogP contribution in [0.4, 0.5) is 27.9 Å². The second kappa shape index (κ2) is 10.7. The Labute approximate surface area is 207 Å². The van der Waals surface area contributed by atoms with Crippen LogP contribution in [0.5, 0.6) is 0 Å². The van der Waals surface area contributed by atoms with Gasteiger partial charge in [0.15, 0.2) is 5.82 Å². The van der Waals surface area contributed by atoms with Gasteiger partial charge in [-0.3, -0.25) is 9.79 Å². The predicted molar refractivity (Wildman–Crippen MR) is 122 cm³/mol. The highest BCUT2D eigenvalue weighted by atomic mass is 35.5. The molecule has 1 saturated heterocycles. The normalized spacial score (nSPS) is 20.8. The first kappa shape index (κ1) is 27.2. The number of amides is 1. The van der Waals surface area contributed by atoms with Crippen LogP contribution in [0.3, 0.4) is 0 Å². The third kappa shape index (κ3) is 6.42. The smallest absolute Gasteiger partial charge is 0.394 e. The molecule has 0 saturated carbocycles. The van der Waals surface area contributed by atoms with E-state index in [0.29, 0.717) is 12.4 Å². The molecular weight excluding hydrogens is 511 g/mol. The molecular formula is C21H22ClF5N8O. The number of carbonyl (C=O) groups is 1. The number of hydrogen-bond donors (Lipinski definition) is 2. The number of hydrogen-bond acceptors (Lipinski definition) is 8. The molecule has 3 rings (SSSR count). The fraction of sp³-hybridized carbons (Fsp3) is 0.429.